The van der Waals surface area contributed by atoms with Gasteiger partial charge in [-0.15, -0.1) is 12.4 Å². The molecule has 3 rings (SSSR count). The molecule has 1 heterocycles. The second kappa shape index (κ2) is 5.46. The van der Waals surface area contributed by atoms with E-state index in [1.165, 1.54) is 0 Å². The Morgan fingerprint density at radius 2 is 2.05 bits per heavy atom. The van der Waals surface area contributed by atoms with E-state index in [0.717, 1.165) is 29.6 Å². The number of ketones is 1. The number of hydrogen-bond acceptors (Lipinski definition) is 4. The van der Waals surface area contributed by atoms with Crippen LogP contribution in [0, 0.1) is 0 Å². The molecule has 0 amide bonds. The molecule has 0 unspecified atom stereocenters. The normalized spacial score (nSPS) is 14.4. The van der Waals surface area contributed by atoms with E-state index < -0.39 is 0 Å². The lowest BCUT2D eigenvalue weighted by Crippen LogP contribution is -2.13. The van der Waals surface area contributed by atoms with Crippen molar-refractivity contribution in [2.75, 3.05) is 14.1 Å². The molecule has 5 heteroatoms. The molecule has 0 bridgehead atoms. The average molecular weight is 296 g/mol. The van der Waals surface area contributed by atoms with Gasteiger partial charge in [0.2, 0.25) is 0 Å². The number of carbonyl (C=O) groups is 1. The standard InChI is InChI=1S/C15H17NO3.ClH/c1-16(2)8-9-10(17)6-7-13-14(9)15-11(18)4-3-5-12(15)19-13;/h6-7,17H,3-5,8H2,1-2H3;1H. The number of aromatic hydroxyl groups is 1. The molecule has 1 N–H and O–H groups in total. The largest absolute Gasteiger partial charge is 0.508 e. The van der Waals surface area contributed by atoms with E-state index in [1.54, 1.807) is 12.1 Å². The molecule has 0 spiro atoms. The summed E-state index contributed by atoms with van der Waals surface area (Å²) in [5.74, 6) is 1.13. The van der Waals surface area contributed by atoms with Crippen LogP contribution in [-0.4, -0.2) is 29.9 Å². The summed E-state index contributed by atoms with van der Waals surface area (Å²) in [6.45, 7) is 0.586. The third-order valence-electron chi connectivity index (χ3n) is 3.57. The van der Waals surface area contributed by atoms with Gasteiger partial charge in [-0.2, -0.15) is 0 Å². The number of nitrogens with zero attached hydrogens (tertiary/aromatic N) is 1. The van der Waals surface area contributed by atoms with Crippen molar-refractivity contribution in [2.45, 2.75) is 25.8 Å². The van der Waals surface area contributed by atoms with Gasteiger partial charge < -0.3 is 14.4 Å². The highest BCUT2D eigenvalue weighted by atomic mass is 35.5. The Kier molecular flexibility index (Phi) is 4.06. The van der Waals surface area contributed by atoms with E-state index in [4.69, 9.17) is 4.42 Å². The minimum Gasteiger partial charge on any atom is -0.508 e. The molecule has 20 heavy (non-hydrogen) atoms. The molecule has 2 aromatic rings. The average Bonchev–Trinajstić information content (AvgIpc) is 2.72. The van der Waals surface area contributed by atoms with Gasteiger partial charge in [0.15, 0.2) is 5.78 Å². The van der Waals surface area contributed by atoms with Gasteiger partial charge in [-0.1, -0.05) is 0 Å². The first-order valence-electron chi connectivity index (χ1n) is 6.52. The summed E-state index contributed by atoms with van der Waals surface area (Å²) in [4.78, 5) is 14.1. The number of phenols is 1. The Morgan fingerprint density at radius 1 is 1.30 bits per heavy atom. The Bertz CT molecular complexity index is 661. The number of Topliss-reactive ketones (excluding diaryl/α,β-unsaturated/α-hetero) is 1. The van der Waals surface area contributed by atoms with Crippen LogP contribution < -0.4 is 0 Å². The molecular formula is C15H18ClNO3. The highest BCUT2D eigenvalue weighted by Crippen LogP contribution is 2.37. The van der Waals surface area contributed by atoms with Crippen molar-refractivity contribution in [3.8, 4) is 5.75 Å². The third kappa shape index (κ3) is 2.30. The van der Waals surface area contributed by atoms with E-state index in [2.05, 4.69) is 0 Å². The maximum absolute atomic E-state index is 12.2. The van der Waals surface area contributed by atoms with Crippen LogP contribution in [0.15, 0.2) is 16.5 Å². The number of rotatable bonds is 2. The lowest BCUT2D eigenvalue weighted by molar-refractivity contribution is 0.0971. The zero-order chi connectivity index (χ0) is 13.6. The summed E-state index contributed by atoms with van der Waals surface area (Å²) in [6.07, 6.45) is 2.22. The van der Waals surface area contributed by atoms with Gasteiger partial charge in [0.05, 0.1) is 5.56 Å². The Labute approximate surface area is 123 Å². The molecule has 1 aliphatic carbocycles. The predicted octanol–water partition coefficient (Wildman–Crippen LogP) is 3.14. The summed E-state index contributed by atoms with van der Waals surface area (Å²) in [7, 11) is 3.87. The van der Waals surface area contributed by atoms with Crippen molar-refractivity contribution in [2.24, 2.45) is 0 Å². The van der Waals surface area contributed by atoms with Gasteiger partial charge in [0.25, 0.3) is 0 Å². The number of aryl methyl sites for hydroxylation is 1. The van der Waals surface area contributed by atoms with E-state index in [9.17, 15) is 9.90 Å². The molecule has 1 aromatic heterocycles. The van der Waals surface area contributed by atoms with Crippen LogP contribution in [0.4, 0.5) is 0 Å². The smallest absolute Gasteiger partial charge is 0.167 e. The summed E-state index contributed by atoms with van der Waals surface area (Å²) < 4.78 is 5.79. The SMILES string of the molecule is CN(C)Cc1c(O)ccc2oc3c(c12)C(=O)CCC3.Cl. The molecule has 4 nitrogen and oxygen atoms in total. The molecule has 1 aromatic carbocycles. The van der Waals surface area contributed by atoms with Crippen molar-refractivity contribution < 1.29 is 14.3 Å². The molecule has 1 aliphatic rings. The molecule has 108 valence electrons. The summed E-state index contributed by atoms with van der Waals surface area (Å²) in [6, 6.07) is 3.38. The summed E-state index contributed by atoms with van der Waals surface area (Å²) in [5, 5.41) is 10.9. The first-order chi connectivity index (χ1) is 9.08. The van der Waals surface area contributed by atoms with Crippen LogP contribution in [0.3, 0.4) is 0 Å². The minimum atomic E-state index is 0. The van der Waals surface area contributed by atoms with Crippen molar-refractivity contribution in [3.63, 3.8) is 0 Å². The number of fused-ring (bicyclic) bond motifs is 3. The summed E-state index contributed by atoms with van der Waals surface area (Å²) >= 11 is 0. The fourth-order valence-corrected chi connectivity index (χ4v) is 2.78. The van der Waals surface area contributed by atoms with Crippen molar-refractivity contribution in [3.05, 3.63) is 29.0 Å². The number of benzene rings is 1. The van der Waals surface area contributed by atoms with Crippen LogP contribution in [-0.2, 0) is 13.0 Å². The quantitative estimate of drug-likeness (QED) is 0.925. The highest BCUT2D eigenvalue weighted by Gasteiger charge is 2.27. The predicted molar refractivity (Wildman–Crippen MR) is 79.8 cm³/mol. The van der Waals surface area contributed by atoms with Gasteiger partial charge in [-0.25, -0.2) is 0 Å². The van der Waals surface area contributed by atoms with Gasteiger partial charge in [0, 0.05) is 30.3 Å². The van der Waals surface area contributed by atoms with E-state index in [1.807, 2.05) is 19.0 Å². The second-order valence-corrected chi connectivity index (χ2v) is 5.35. The topological polar surface area (TPSA) is 53.7 Å². The number of furan rings is 1. The van der Waals surface area contributed by atoms with Crippen LogP contribution in [0.2, 0.25) is 0 Å². The maximum atomic E-state index is 12.2. The lowest BCUT2D eigenvalue weighted by Gasteiger charge is -2.14. The summed E-state index contributed by atoms with van der Waals surface area (Å²) in [5.41, 5.74) is 2.17. The first-order valence-corrected chi connectivity index (χ1v) is 6.52. The molecule has 0 aliphatic heterocycles. The zero-order valence-electron chi connectivity index (χ0n) is 11.6. The van der Waals surface area contributed by atoms with Crippen LogP contribution in [0.5, 0.6) is 5.75 Å². The van der Waals surface area contributed by atoms with Crippen molar-refractivity contribution >= 4 is 29.2 Å². The molecule has 0 atom stereocenters. The molecule has 0 fully saturated rings. The van der Waals surface area contributed by atoms with Crippen LogP contribution in [0.1, 0.15) is 34.5 Å². The molecular weight excluding hydrogens is 278 g/mol. The van der Waals surface area contributed by atoms with Crippen molar-refractivity contribution in [1.29, 1.82) is 0 Å². The number of halogens is 1. The van der Waals surface area contributed by atoms with E-state index in [-0.39, 0.29) is 23.9 Å². The Hall–Kier alpha value is -1.52. The monoisotopic (exact) mass is 295 g/mol. The lowest BCUT2D eigenvalue weighted by atomic mass is 9.92. The van der Waals surface area contributed by atoms with Crippen molar-refractivity contribution in [1.82, 2.24) is 4.90 Å². The number of carbonyl (C=O) groups excluding carboxylic acids is 1. The molecule has 0 saturated heterocycles. The van der Waals surface area contributed by atoms with Gasteiger partial charge in [0.1, 0.15) is 17.1 Å². The van der Waals surface area contributed by atoms with Gasteiger partial charge in [-0.3, -0.25) is 4.79 Å². The van der Waals surface area contributed by atoms with Crippen LogP contribution in [0.25, 0.3) is 11.0 Å². The fraction of sp³-hybridized carbons (Fsp3) is 0.400. The first kappa shape index (κ1) is 14.9. The molecule has 0 saturated carbocycles. The van der Waals surface area contributed by atoms with E-state index >= 15 is 0 Å². The maximum Gasteiger partial charge on any atom is 0.167 e. The van der Waals surface area contributed by atoms with Gasteiger partial charge >= 0.3 is 0 Å². The number of hydrogen-bond donors (Lipinski definition) is 1. The van der Waals surface area contributed by atoms with Gasteiger partial charge in [-0.05, 0) is 32.6 Å². The minimum absolute atomic E-state index is 0. The molecule has 0 radical (unpaired) electrons. The second-order valence-electron chi connectivity index (χ2n) is 5.35. The number of phenolic OH excluding ortho intramolecular Hbond substituents is 1. The van der Waals surface area contributed by atoms with Crippen LogP contribution >= 0.6 is 12.4 Å². The zero-order valence-corrected chi connectivity index (χ0v) is 12.4. The fourth-order valence-electron chi connectivity index (χ4n) is 2.78. The Balaban J connectivity index is 0.00000147. The highest BCUT2D eigenvalue weighted by molar-refractivity contribution is 6.10. The Morgan fingerprint density at radius 3 is 2.75 bits per heavy atom. The third-order valence-corrected chi connectivity index (χ3v) is 3.57. The van der Waals surface area contributed by atoms with E-state index in [0.29, 0.717) is 24.1 Å².